The number of aryl methyl sites for hydroxylation is 2. The van der Waals surface area contributed by atoms with Gasteiger partial charge in [-0.05, 0) is 104 Å². The lowest BCUT2D eigenvalue weighted by atomic mass is 10.0. The van der Waals surface area contributed by atoms with Gasteiger partial charge in [-0.2, -0.15) is 0 Å². The Morgan fingerprint density at radius 3 is 2.34 bits per heavy atom. The highest BCUT2D eigenvalue weighted by Gasteiger charge is 2.42. The number of nitrogens with one attached hydrogen (secondary N) is 1. The normalized spacial score (nSPS) is 16.4. The summed E-state index contributed by atoms with van der Waals surface area (Å²) >= 11 is 5.84. The molecule has 7 nitrogen and oxygen atoms in total. The molecule has 41 heavy (non-hydrogen) atoms. The first-order valence-electron chi connectivity index (χ1n) is 13.2. The fourth-order valence-electron chi connectivity index (χ4n) is 5.07. The molecule has 2 aromatic heterocycles. The zero-order valence-electron chi connectivity index (χ0n) is 22.4. The molecule has 0 aliphatic carbocycles. The number of aromatic carboxylic acids is 1. The number of carboxylic acids is 1. The Morgan fingerprint density at radius 1 is 0.951 bits per heavy atom. The number of carboxylic acid groups (broad SMARTS) is 1. The summed E-state index contributed by atoms with van der Waals surface area (Å²) in [7, 11) is 0. The molecule has 2 atom stereocenters. The van der Waals surface area contributed by atoms with E-state index in [0.717, 1.165) is 28.3 Å². The van der Waals surface area contributed by atoms with E-state index in [4.69, 9.17) is 21.4 Å². The van der Waals surface area contributed by atoms with Gasteiger partial charge in [-0.15, -0.1) is 0 Å². The lowest BCUT2D eigenvalue weighted by Crippen LogP contribution is -2.29. The van der Waals surface area contributed by atoms with Gasteiger partial charge in [0, 0.05) is 17.4 Å². The van der Waals surface area contributed by atoms with Crippen LogP contribution in [0.5, 0.6) is 11.5 Å². The predicted molar refractivity (Wildman–Crippen MR) is 161 cm³/mol. The number of ether oxygens (including phenoxy) is 1. The molecule has 2 N–H and O–H groups in total. The minimum atomic E-state index is -0.963. The molecule has 0 bridgehead atoms. The molecule has 5 aromatic rings. The maximum atomic E-state index is 11.4. The summed E-state index contributed by atoms with van der Waals surface area (Å²) in [5.74, 6) is 1.87. The number of benzene rings is 3. The molecule has 3 aromatic carbocycles. The number of thiocarbonyl (C=S) groups is 1. The molecule has 0 saturated carbocycles. The first-order chi connectivity index (χ1) is 19.9. The quantitative estimate of drug-likeness (QED) is 0.196. The van der Waals surface area contributed by atoms with Crippen molar-refractivity contribution in [2.75, 3.05) is 4.90 Å². The van der Waals surface area contributed by atoms with Gasteiger partial charge in [-0.3, -0.25) is 4.98 Å². The molecule has 204 valence electrons. The zero-order chi connectivity index (χ0) is 28.5. The molecule has 8 heteroatoms. The topological polar surface area (TPSA) is 87.8 Å². The van der Waals surface area contributed by atoms with Crippen LogP contribution in [0.4, 0.5) is 5.69 Å². The number of anilines is 1. The predicted octanol–water partition coefficient (Wildman–Crippen LogP) is 7.63. The van der Waals surface area contributed by atoms with Gasteiger partial charge in [-0.1, -0.05) is 29.8 Å². The summed E-state index contributed by atoms with van der Waals surface area (Å²) in [4.78, 5) is 18.1. The van der Waals surface area contributed by atoms with Gasteiger partial charge < -0.3 is 24.5 Å². The minimum Gasteiger partial charge on any atom is -0.478 e. The highest BCUT2D eigenvalue weighted by Crippen LogP contribution is 2.43. The van der Waals surface area contributed by atoms with Crippen LogP contribution in [0.25, 0.3) is 11.3 Å². The van der Waals surface area contributed by atoms with Crippen LogP contribution in [0.2, 0.25) is 0 Å². The van der Waals surface area contributed by atoms with Crippen molar-refractivity contribution in [1.82, 2.24) is 10.3 Å². The van der Waals surface area contributed by atoms with Crippen LogP contribution < -0.4 is 15.0 Å². The van der Waals surface area contributed by atoms with Gasteiger partial charge in [0.25, 0.3) is 0 Å². The number of carbonyl (C=O) groups is 1. The van der Waals surface area contributed by atoms with Crippen molar-refractivity contribution in [2.45, 2.75) is 25.9 Å². The van der Waals surface area contributed by atoms with Crippen molar-refractivity contribution < 1.29 is 19.1 Å². The van der Waals surface area contributed by atoms with E-state index in [1.807, 2.05) is 97.6 Å². The number of rotatable bonds is 7. The van der Waals surface area contributed by atoms with E-state index in [1.54, 1.807) is 24.4 Å². The molecule has 0 amide bonds. The Kier molecular flexibility index (Phi) is 6.99. The Hall–Kier alpha value is -4.95. The summed E-state index contributed by atoms with van der Waals surface area (Å²) in [5, 5.41) is 13.4. The second-order valence-electron chi connectivity index (χ2n) is 9.94. The van der Waals surface area contributed by atoms with Crippen LogP contribution in [0, 0.1) is 13.8 Å². The molecule has 1 fully saturated rings. The summed E-state index contributed by atoms with van der Waals surface area (Å²) in [6.45, 7) is 3.91. The molecule has 0 radical (unpaired) electrons. The van der Waals surface area contributed by atoms with Crippen LogP contribution in [0.15, 0.2) is 108 Å². The Morgan fingerprint density at radius 2 is 1.68 bits per heavy atom. The molecule has 0 unspecified atom stereocenters. The van der Waals surface area contributed by atoms with Crippen molar-refractivity contribution in [3.05, 3.63) is 131 Å². The van der Waals surface area contributed by atoms with E-state index < -0.39 is 5.97 Å². The van der Waals surface area contributed by atoms with Gasteiger partial charge in [0.1, 0.15) is 29.1 Å². The molecule has 6 rings (SSSR count). The van der Waals surface area contributed by atoms with E-state index in [0.29, 0.717) is 22.4 Å². The van der Waals surface area contributed by atoms with Crippen LogP contribution in [0.1, 0.15) is 45.0 Å². The fourth-order valence-corrected chi connectivity index (χ4v) is 5.41. The SMILES string of the molecule is Cc1ccc(Oc2ccc(N3C(=S)N[C@@H](c4ccccn4)[C@@H]3c3ccc(-c4ccc(C(=O)O)cc4C)o3)cc2)cc1. The van der Waals surface area contributed by atoms with Crippen molar-refractivity contribution >= 4 is 29.0 Å². The van der Waals surface area contributed by atoms with Crippen molar-refractivity contribution in [2.24, 2.45) is 0 Å². The molecular formula is C33H27N3O4S. The molecule has 3 heterocycles. The summed E-state index contributed by atoms with van der Waals surface area (Å²) in [6, 6.07) is 29.8. The number of hydrogen-bond donors (Lipinski definition) is 2. The van der Waals surface area contributed by atoms with Gasteiger partial charge in [0.2, 0.25) is 0 Å². The maximum Gasteiger partial charge on any atom is 0.335 e. The molecule has 1 aliphatic heterocycles. The second-order valence-corrected chi connectivity index (χ2v) is 10.3. The van der Waals surface area contributed by atoms with Crippen molar-refractivity contribution in [3.63, 3.8) is 0 Å². The average Bonchev–Trinajstić information content (AvgIpc) is 3.59. The highest BCUT2D eigenvalue weighted by molar-refractivity contribution is 7.80. The summed E-state index contributed by atoms with van der Waals surface area (Å²) in [5.41, 5.74) is 4.76. The third kappa shape index (κ3) is 5.29. The number of aromatic nitrogens is 1. The zero-order valence-corrected chi connectivity index (χ0v) is 23.3. The van der Waals surface area contributed by atoms with Crippen LogP contribution in [0.3, 0.4) is 0 Å². The molecule has 1 saturated heterocycles. The fraction of sp³-hybridized carbons (Fsp3) is 0.121. The number of pyridine rings is 1. The van der Waals surface area contributed by atoms with Gasteiger partial charge in [-0.25, -0.2) is 4.79 Å². The van der Waals surface area contributed by atoms with E-state index in [-0.39, 0.29) is 17.6 Å². The number of nitrogens with zero attached hydrogens (tertiary/aromatic N) is 2. The maximum absolute atomic E-state index is 11.4. The third-order valence-corrected chi connectivity index (χ3v) is 7.44. The van der Waals surface area contributed by atoms with Gasteiger partial charge in [0.15, 0.2) is 5.11 Å². The first-order valence-corrected chi connectivity index (χ1v) is 13.6. The van der Waals surface area contributed by atoms with E-state index in [2.05, 4.69) is 10.3 Å². The summed E-state index contributed by atoms with van der Waals surface area (Å²) < 4.78 is 12.5. The van der Waals surface area contributed by atoms with Crippen LogP contribution >= 0.6 is 12.2 Å². The van der Waals surface area contributed by atoms with Crippen LogP contribution in [-0.2, 0) is 0 Å². The summed E-state index contributed by atoms with van der Waals surface area (Å²) in [6.07, 6.45) is 1.76. The Labute approximate surface area is 243 Å². The van der Waals surface area contributed by atoms with E-state index in [1.165, 1.54) is 5.56 Å². The lowest BCUT2D eigenvalue weighted by Gasteiger charge is -2.26. The molecular weight excluding hydrogens is 534 g/mol. The second kappa shape index (κ2) is 10.9. The van der Waals surface area contributed by atoms with Crippen molar-refractivity contribution in [3.8, 4) is 22.8 Å². The first kappa shape index (κ1) is 26.3. The smallest absolute Gasteiger partial charge is 0.335 e. The van der Waals surface area contributed by atoms with Crippen LogP contribution in [-0.4, -0.2) is 21.2 Å². The Bertz CT molecular complexity index is 1720. The standard InChI is InChI=1S/C33H27N3O4S/c1-20-6-11-24(12-7-20)39-25-13-9-23(10-14-25)36-31(30(35-33(36)41)27-5-3-4-18-34-27)29-17-16-28(40-29)26-15-8-22(32(37)38)19-21(26)2/h3-19,30-31H,1-2H3,(H,35,41)(H,37,38)/t30-,31-/m0/s1. The number of furan rings is 1. The highest BCUT2D eigenvalue weighted by atomic mass is 32.1. The minimum absolute atomic E-state index is 0.236. The van der Waals surface area contributed by atoms with Crippen molar-refractivity contribution in [1.29, 1.82) is 0 Å². The number of hydrogen-bond acceptors (Lipinski definition) is 5. The average molecular weight is 562 g/mol. The molecule has 0 spiro atoms. The Balaban J connectivity index is 1.35. The largest absolute Gasteiger partial charge is 0.478 e. The monoisotopic (exact) mass is 561 g/mol. The van der Waals surface area contributed by atoms with E-state index in [9.17, 15) is 9.90 Å². The van der Waals surface area contributed by atoms with E-state index >= 15 is 0 Å². The van der Waals surface area contributed by atoms with Gasteiger partial charge >= 0.3 is 5.97 Å². The molecule has 1 aliphatic rings. The lowest BCUT2D eigenvalue weighted by molar-refractivity contribution is 0.0696. The van der Waals surface area contributed by atoms with Gasteiger partial charge in [0.05, 0.1) is 17.3 Å². The third-order valence-electron chi connectivity index (χ3n) is 7.13.